The Morgan fingerprint density at radius 1 is 1.16 bits per heavy atom. The van der Waals surface area contributed by atoms with Gasteiger partial charge in [-0.25, -0.2) is 0 Å². The molecule has 138 valence electrons. The van der Waals surface area contributed by atoms with Crippen molar-refractivity contribution < 1.29 is 4.74 Å². The topological polar surface area (TPSA) is 48.9 Å². The largest absolute Gasteiger partial charge is 0.381 e. The average molecular weight is 345 g/mol. The second kappa shape index (κ2) is 10.8. The van der Waals surface area contributed by atoms with Crippen LogP contribution in [0.4, 0.5) is 5.69 Å². The van der Waals surface area contributed by atoms with Gasteiger partial charge in [0.15, 0.2) is 5.96 Å². The number of nitrogens with one attached hydrogen (secondary N) is 2. The normalized spacial score (nSPS) is 14.4. The van der Waals surface area contributed by atoms with Gasteiger partial charge in [-0.1, -0.05) is 38.1 Å². The molecule has 1 heterocycles. The van der Waals surface area contributed by atoms with Crippen molar-refractivity contribution >= 4 is 11.6 Å². The van der Waals surface area contributed by atoms with Crippen molar-refractivity contribution in [2.75, 3.05) is 44.8 Å². The van der Waals surface area contributed by atoms with E-state index >= 15 is 0 Å². The number of hydrogen-bond donors (Lipinski definition) is 2. The molecule has 1 aromatic carbocycles. The minimum absolute atomic E-state index is 0.593. The molecule has 5 heteroatoms. The summed E-state index contributed by atoms with van der Waals surface area (Å²) >= 11 is 0. The summed E-state index contributed by atoms with van der Waals surface area (Å²) in [6.07, 6.45) is 5.39. The summed E-state index contributed by atoms with van der Waals surface area (Å²) in [5.74, 6) is 1.42. The molecular weight excluding hydrogens is 312 g/mol. The number of anilines is 1. The Labute approximate surface area is 152 Å². The summed E-state index contributed by atoms with van der Waals surface area (Å²) in [6, 6.07) is 8.72. The predicted molar refractivity (Wildman–Crippen MR) is 106 cm³/mol. The smallest absolute Gasteiger partial charge is 0.191 e. The summed E-state index contributed by atoms with van der Waals surface area (Å²) in [5, 5.41) is 6.68. The van der Waals surface area contributed by atoms with Crippen molar-refractivity contribution in [3.8, 4) is 0 Å². The standard InChI is InChI=1S/C20H32N4O/c1-17(2)16-25-14-6-11-22-20(21-3)23-15-18-7-9-19(10-8-18)24-12-4-5-13-24/h4-5,7-10,17H,6,11-16H2,1-3H3,(H2,21,22,23). The lowest BCUT2D eigenvalue weighted by Gasteiger charge is -2.18. The molecule has 1 aliphatic rings. The Morgan fingerprint density at radius 3 is 2.52 bits per heavy atom. The molecule has 0 saturated heterocycles. The molecule has 0 saturated carbocycles. The van der Waals surface area contributed by atoms with E-state index in [1.54, 1.807) is 7.05 Å². The van der Waals surface area contributed by atoms with Crippen LogP contribution in [0.25, 0.3) is 0 Å². The van der Waals surface area contributed by atoms with Crippen LogP contribution in [0, 0.1) is 5.92 Å². The van der Waals surface area contributed by atoms with E-state index in [1.807, 2.05) is 0 Å². The number of guanidine groups is 1. The number of ether oxygens (including phenoxy) is 1. The Bertz CT molecular complexity index is 543. The van der Waals surface area contributed by atoms with E-state index in [2.05, 4.69) is 70.8 Å². The molecule has 0 unspecified atom stereocenters. The van der Waals surface area contributed by atoms with Crippen LogP contribution in [0.3, 0.4) is 0 Å². The minimum atomic E-state index is 0.593. The highest BCUT2D eigenvalue weighted by molar-refractivity contribution is 5.79. The van der Waals surface area contributed by atoms with Crippen LogP contribution in [-0.2, 0) is 11.3 Å². The van der Waals surface area contributed by atoms with Gasteiger partial charge in [0.2, 0.25) is 0 Å². The van der Waals surface area contributed by atoms with E-state index < -0.39 is 0 Å². The van der Waals surface area contributed by atoms with Gasteiger partial charge in [0.25, 0.3) is 0 Å². The van der Waals surface area contributed by atoms with Crippen LogP contribution >= 0.6 is 0 Å². The molecule has 0 atom stereocenters. The monoisotopic (exact) mass is 344 g/mol. The molecule has 2 rings (SSSR count). The van der Waals surface area contributed by atoms with Gasteiger partial charge in [0.1, 0.15) is 0 Å². The van der Waals surface area contributed by atoms with Gasteiger partial charge in [-0.2, -0.15) is 0 Å². The van der Waals surface area contributed by atoms with Crippen LogP contribution in [0.5, 0.6) is 0 Å². The molecule has 0 spiro atoms. The highest BCUT2D eigenvalue weighted by Gasteiger charge is 2.07. The van der Waals surface area contributed by atoms with Crippen LogP contribution in [0.1, 0.15) is 25.8 Å². The van der Waals surface area contributed by atoms with E-state index in [0.717, 1.165) is 51.8 Å². The first-order valence-corrected chi connectivity index (χ1v) is 9.20. The van der Waals surface area contributed by atoms with Gasteiger partial charge in [-0.3, -0.25) is 4.99 Å². The molecule has 5 nitrogen and oxygen atoms in total. The first-order valence-electron chi connectivity index (χ1n) is 9.20. The van der Waals surface area contributed by atoms with E-state index in [-0.39, 0.29) is 0 Å². The molecule has 0 bridgehead atoms. The fraction of sp³-hybridized carbons (Fsp3) is 0.550. The lowest BCUT2D eigenvalue weighted by atomic mass is 10.2. The first-order chi connectivity index (χ1) is 12.2. The second-order valence-corrected chi connectivity index (χ2v) is 6.72. The molecule has 0 fully saturated rings. The second-order valence-electron chi connectivity index (χ2n) is 6.72. The Balaban J connectivity index is 1.64. The van der Waals surface area contributed by atoms with Crippen LogP contribution < -0.4 is 15.5 Å². The lowest BCUT2D eigenvalue weighted by molar-refractivity contribution is 0.108. The Kier molecular flexibility index (Phi) is 8.32. The van der Waals surface area contributed by atoms with Crippen LogP contribution in [0.2, 0.25) is 0 Å². The Morgan fingerprint density at radius 2 is 1.88 bits per heavy atom. The highest BCUT2D eigenvalue weighted by atomic mass is 16.5. The van der Waals surface area contributed by atoms with E-state index in [0.29, 0.717) is 5.92 Å². The highest BCUT2D eigenvalue weighted by Crippen LogP contribution is 2.17. The zero-order valence-corrected chi connectivity index (χ0v) is 15.8. The van der Waals surface area contributed by atoms with Crippen molar-refractivity contribution in [3.63, 3.8) is 0 Å². The van der Waals surface area contributed by atoms with Gasteiger partial charge >= 0.3 is 0 Å². The summed E-state index contributed by atoms with van der Waals surface area (Å²) in [4.78, 5) is 6.61. The third-order valence-corrected chi connectivity index (χ3v) is 4.01. The number of nitrogens with zero attached hydrogens (tertiary/aromatic N) is 2. The molecule has 1 aliphatic heterocycles. The Hall–Kier alpha value is -2.01. The average Bonchev–Trinajstić information content (AvgIpc) is 3.15. The quantitative estimate of drug-likeness (QED) is 0.313. The van der Waals surface area contributed by atoms with Gasteiger partial charge < -0.3 is 20.3 Å². The maximum atomic E-state index is 5.58. The molecule has 0 radical (unpaired) electrons. The molecule has 0 aliphatic carbocycles. The van der Waals surface area contributed by atoms with E-state index in [1.165, 1.54) is 11.3 Å². The summed E-state index contributed by atoms with van der Waals surface area (Å²) in [7, 11) is 1.80. The molecule has 2 N–H and O–H groups in total. The van der Waals surface area contributed by atoms with Gasteiger partial charge in [0, 0.05) is 52.1 Å². The zero-order chi connectivity index (χ0) is 17.9. The van der Waals surface area contributed by atoms with E-state index in [4.69, 9.17) is 4.74 Å². The fourth-order valence-electron chi connectivity index (χ4n) is 2.62. The maximum Gasteiger partial charge on any atom is 0.191 e. The molecule has 25 heavy (non-hydrogen) atoms. The van der Waals surface area contributed by atoms with Crippen molar-refractivity contribution in [2.45, 2.75) is 26.8 Å². The van der Waals surface area contributed by atoms with E-state index in [9.17, 15) is 0 Å². The van der Waals surface area contributed by atoms with Gasteiger partial charge in [0.05, 0.1) is 0 Å². The van der Waals surface area contributed by atoms with Crippen LogP contribution in [-0.4, -0.2) is 45.9 Å². The van der Waals surface area contributed by atoms with Crippen molar-refractivity contribution in [3.05, 3.63) is 42.0 Å². The SMILES string of the molecule is CN=C(NCCCOCC(C)C)NCc1ccc(N2CC=CC2)cc1. The summed E-state index contributed by atoms with van der Waals surface area (Å²) in [6.45, 7) is 9.59. The number of aliphatic imine (C=N–C) groups is 1. The third-order valence-electron chi connectivity index (χ3n) is 4.01. The van der Waals surface area contributed by atoms with Crippen molar-refractivity contribution in [1.82, 2.24) is 10.6 Å². The van der Waals surface area contributed by atoms with Crippen LogP contribution in [0.15, 0.2) is 41.4 Å². The van der Waals surface area contributed by atoms with Gasteiger partial charge in [-0.05, 0) is 30.0 Å². The molecule has 0 amide bonds. The third kappa shape index (κ3) is 7.18. The first kappa shape index (κ1) is 19.3. The predicted octanol–water partition coefficient (Wildman–Crippen LogP) is 2.79. The zero-order valence-electron chi connectivity index (χ0n) is 15.8. The van der Waals surface area contributed by atoms with Crippen molar-refractivity contribution in [2.24, 2.45) is 10.9 Å². The molecular formula is C20H32N4O. The fourth-order valence-corrected chi connectivity index (χ4v) is 2.62. The summed E-state index contributed by atoms with van der Waals surface area (Å²) < 4.78 is 5.58. The molecule has 1 aromatic rings. The lowest BCUT2D eigenvalue weighted by Crippen LogP contribution is -2.37. The number of rotatable bonds is 9. The maximum absolute atomic E-state index is 5.58. The summed E-state index contributed by atoms with van der Waals surface area (Å²) in [5.41, 5.74) is 2.52. The minimum Gasteiger partial charge on any atom is -0.381 e. The number of benzene rings is 1. The van der Waals surface area contributed by atoms with Gasteiger partial charge in [-0.15, -0.1) is 0 Å². The number of hydrogen-bond acceptors (Lipinski definition) is 3. The molecule has 0 aromatic heterocycles. The van der Waals surface area contributed by atoms with Crippen molar-refractivity contribution in [1.29, 1.82) is 0 Å².